The fourth-order valence-electron chi connectivity index (χ4n) is 5.21. The Balaban J connectivity index is 1.37. The normalized spacial score (nSPS) is 16.4. The number of rotatable bonds is 6. The highest BCUT2D eigenvalue weighted by atomic mass is 16.3. The van der Waals surface area contributed by atoms with Crippen LogP contribution in [0.15, 0.2) is 180 Å². The van der Waals surface area contributed by atoms with Gasteiger partial charge in [0.1, 0.15) is 11.2 Å². The van der Waals surface area contributed by atoms with Crippen LogP contribution < -0.4 is 0 Å². The molecule has 4 nitrogen and oxygen atoms in total. The van der Waals surface area contributed by atoms with Crippen molar-refractivity contribution in [2.75, 3.05) is 0 Å². The van der Waals surface area contributed by atoms with Gasteiger partial charge in [-0.1, -0.05) is 133 Å². The van der Waals surface area contributed by atoms with E-state index in [9.17, 15) is 9.60 Å². The summed E-state index contributed by atoms with van der Waals surface area (Å²) >= 11 is 0. The molecule has 0 N–H and O–H groups in total. The number of hydrogen-bond donors (Lipinski definition) is 0. The van der Waals surface area contributed by atoms with Crippen LogP contribution in [0.4, 0.5) is 0 Å². The monoisotopic (exact) mass is 645 g/mol. The molecule has 0 atom stereocenters. The zero-order valence-corrected chi connectivity index (χ0v) is 25.1. The Bertz CT molecular complexity index is 3410. The van der Waals surface area contributed by atoms with Crippen molar-refractivity contribution in [3.8, 4) is 67.5 Å². The molecule has 0 fully saturated rings. The molecule has 0 bridgehead atoms. The minimum Gasteiger partial charge on any atom is -0.456 e. The van der Waals surface area contributed by atoms with E-state index in [0.29, 0.717) is 11.1 Å². The molecule has 0 radical (unpaired) electrons. The van der Waals surface area contributed by atoms with Gasteiger partial charge in [0.2, 0.25) is 0 Å². The van der Waals surface area contributed by atoms with Gasteiger partial charge < -0.3 is 4.42 Å². The van der Waals surface area contributed by atoms with Crippen molar-refractivity contribution in [3.63, 3.8) is 0 Å². The molecule has 9 rings (SSSR count). The first-order valence-electron chi connectivity index (χ1n) is 23.9. The van der Waals surface area contributed by atoms with E-state index in [4.69, 9.17) is 19.5 Å². The van der Waals surface area contributed by atoms with E-state index < -0.39 is 142 Å². The van der Waals surface area contributed by atoms with Crippen LogP contribution in [0.1, 0.15) is 24.7 Å². The van der Waals surface area contributed by atoms with Crippen molar-refractivity contribution >= 4 is 21.9 Å². The molecule has 230 valence electrons. The Morgan fingerprint density at radius 1 is 0.347 bits per heavy atom. The van der Waals surface area contributed by atoms with E-state index in [1.54, 1.807) is 60.7 Å². The zero-order valence-electron chi connectivity index (χ0n) is 43.1. The quantitative estimate of drug-likeness (QED) is 0.181. The molecule has 0 aliphatic rings. The maximum atomic E-state index is 9.62. The second-order valence-corrected chi connectivity index (χ2v) is 10.6. The van der Waals surface area contributed by atoms with Crippen LogP contribution in [-0.2, 0) is 0 Å². The first-order valence-corrected chi connectivity index (χ1v) is 14.9. The summed E-state index contributed by atoms with van der Waals surface area (Å²) in [6.07, 6.45) is 0. The molecule has 0 saturated heterocycles. The second-order valence-electron chi connectivity index (χ2n) is 10.6. The smallest absolute Gasteiger partial charge is 0.164 e. The van der Waals surface area contributed by atoms with Crippen molar-refractivity contribution in [3.05, 3.63) is 175 Å². The zero-order chi connectivity index (χ0) is 48.2. The third-order valence-electron chi connectivity index (χ3n) is 7.51. The van der Waals surface area contributed by atoms with Gasteiger partial charge in [-0.3, -0.25) is 0 Å². The molecular weight excluding hydrogens is 599 g/mol. The first kappa shape index (κ1) is 15.5. The second kappa shape index (κ2) is 12.2. The average Bonchev–Trinajstić information content (AvgIpc) is 3.75. The predicted molar refractivity (Wildman–Crippen MR) is 200 cm³/mol. The van der Waals surface area contributed by atoms with E-state index in [1.165, 1.54) is 0 Å². The third-order valence-corrected chi connectivity index (χ3v) is 7.51. The summed E-state index contributed by atoms with van der Waals surface area (Å²) in [4.78, 5) is 13.9. The topological polar surface area (TPSA) is 51.8 Å². The molecule has 9 aromatic rings. The molecule has 0 aliphatic heterocycles. The summed E-state index contributed by atoms with van der Waals surface area (Å²) in [7, 11) is 0. The SMILES string of the molecule is [2H]c1c([2H])c([2H])c(-c2c([2H])c(-c3cc([2H])c4oc5c([2H])c(-c6nc(-c7ccccc7)nc(-c7ccccc7)n6)c([2H])c([2H])c5c4c3[2H])c([2H])c(-c3c([2H])c([2H])c([2H])c([2H])c3[2H])c2[2H])c([2H])c1[2H]. The van der Waals surface area contributed by atoms with Gasteiger partial charge in [-0.25, -0.2) is 15.0 Å². The van der Waals surface area contributed by atoms with Crippen LogP contribution in [0.25, 0.3) is 89.5 Å². The maximum absolute atomic E-state index is 9.62. The molecular formula is C45H29N3O. The maximum Gasteiger partial charge on any atom is 0.164 e. The van der Waals surface area contributed by atoms with E-state index in [-0.39, 0.29) is 45.0 Å². The Hall–Kier alpha value is -6.65. The minimum absolute atomic E-state index is 0.148. The van der Waals surface area contributed by atoms with Crippen LogP contribution in [-0.4, -0.2) is 15.0 Å². The minimum atomic E-state index is -0.897. The highest BCUT2D eigenvalue weighted by Crippen LogP contribution is 2.37. The van der Waals surface area contributed by atoms with Crippen LogP contribution >= 0.6 is 0 Å². The van der Waals surface area contributed by atoms with Gasteiger partial charge in [-0.05, 0) is 75.7 Å². The van der Waals surface area contributed by atoms with Gasteiger partial charge in [0, 0.05) is 27.5 Å². The number of aromatic nitrogens is 3. The van der Waals surface area contributed by atoms with Crippen molar-refractivity contribution in [1.29, 1.82) is 0 Å². The predicted octanol–water partition coefficient (Wildman–Crippen LogP) is 11.8. The Kier molecular flexibility index (Phi) is 3.85. The van der Waals surface area contributed by atoms with Crippen molar-refractivity contribution < 1.29 is 29.1 Å². The van der Waals surface area contributed by atoms with Gasteiger partial charge in [0.25, 0.3) is 0 Å². The molecule has 2 aromatic heterocycles. The van der Waals surface area contributed by atoms with Gasteiger partial charge in [-0.15, -0.1) is 0 Å². The summed E-state index contributed by atoms with van der Waals surface area (Å²) in [5.74, 6) is 0.256. The number of fused-ring (bicyclic) bond motifs is 3. The van der Waals surface area contributed by atoms with E-state index in [1.807, 2.05) is 0 Å². The van der Waals surface area contributed by atoms with Gasteiger partial charge in [-0.2, -0.15) is 0 Å². The van der Waals surface area contributed by atoms with Crippen molar-refractivity contribution in [2.24, 2.45) is 0 Å². The lowest BCUT2D eigenvalue weighted by Crippen LogP contribution is -2.00. The van der Waals surface area contributed by atoms with E-state index in [0.717, 1.165) is 6.07 Å². The highest BCUT2D eigenvalue weighted by Gasteiger charge is 2.16. The van der Waals surface area contributed by atoms with Crippen molar-refractivity contribution in [1.82, 2.24) is 15.0 Å². The van der Waals surface area contributed by atoms with Gasteiger partial charge in [0.15, 0.2) is 17.5 Å². The molecule has 7 aromatic carbocycles. The number of furan rings is 1. The summed E-state index contributed by atoms with van der Waals surface area (Å²) in [5.41, 5.74) is -3.56. The largest absolute Gasteiger partial charge is 0.456 e. The Morgan fingerprint density at radius 2 is 0.857 bits per heavy atom. The lowest BCUT2D eigenvalue weighted by Gasteiger charge is -2.11. The molecule has 2 heterocycles. The summed E-state index contributed by atoms with van der Waals surface area (Å²) in [6.45, 7) is 0. The molecule has 49 heavy (non-hydrogen) atoms. The third kappa shape index (κ3) is 5.56. The number of hydrogen-bond acceptors (Lipinski definition) is 4. The standard InChI is InChI=1S/C45H29N3O/c1-5-13-30(14-6-1)36-25-37(31-15-7-2-8-16-31)27-38(26-36)34-22-24-41-40(28-34)39-23-21-35(29-42(39)49-41)45-47-43(32-17-9-3-10-18-32)46-44(48-45)33-19-11-4-12-20-33/h1-29H/i1D,2D,5D,6D,7D,8D,13D,14D,15D,16D,21D,23D,24D,25D,26D,27D,28D,29D. The van der Waals surface area contributed by atoms with Gasteiger partial charge >= 0.3 is 0 Å². The molecule has 0 aliphatic carbocycles. The summed E-state index contributed by atoms with van der Waals surface area (Å²) < 4.78 is 166. The van der Waals surface area contributed by atoms with Gasteiger partial charge in [0.05, 0.1) is 24.7 Å². The molecule has 4 heteroatoms. The lowest BCUT2D eigenvalue weighted by atomic mass is 9.93. The van der Waals surface area contributed by atoms with Crippen LogP contribution in [0, 0.1) is 0 Å². The Labute approximate surface area is 309 Å². The van der Waals surface area contributed by atoms with E-state index >= 15 is 0 Å². The average molecular weight is 646 g/mol. The fraction of sp³-hybridized carbons (Fsp3) is 0. The summed E-state index contributed by atoms with van der Waals surface area (Å²) in [6, 6.07) is 5.02. The first-order chi connectivity index (χ1) is 31.8. The molecule has 0 saturated carbocycles. The van der Waals surface area contributed by atoms with Crippen molar-refractivity contribution in [2.45, 2.75) is 0 Å². The molecule has 0 unspecified atom stereocenters. The van der Waals surface area contributed by atoms with E-state index in [2.05, 4.69) is 15.0 Å². The van der Waals surface area contributed by atoms with Crippen LogP contribution in [0.3, 0.4) is 0 Å². The number of nitrogens with zero attached hydrogens (tertiary/aromatic N) is 3. The van der Waals surface area contributed by atoms with Crippen LogP contribution in [0.2, 0.25) is 0 Å². The fourth-order valence-corrected chi connectivity index (χ4v) is 5.21. The van der Waals surface area contributed by atoms with Crippen LogP contribution in [0.5, 0.6) is 0 Å². The highest BCUT2D eigenvalue weighted by molar-refractivity contribution is 6.07. The Morgan fingerprint density at radius 3 is 1.41 bits per heavy atom. The number of benzene rings is 7. The summed E-state index contributed by atoms with van der Waals surface area (Å²) in [5, 5.41) is -0.578. The molecule has 0 spiro atoms. The molecule has 0 amide bonds. The lowest BCUT2D eigenvalue weighted by molar-refractivity contribution is 0.669.